The number of H-pyrrole nitrogens is 1. The Balaban J connectivity index is 1.25. The standard InChI is InChI=1S/C19H27N5O2/c25-16-2-1-7-24(12-16)15-5-8-23(9-6-15)19(26)20-11-14-3-4-17-18(10-14)22-13-21-17/h3-4,10,13,15-16,25H,1-2,5-9,11-12H2,(H,20,26)(H,21,22)/t16-/m0/s1. The first-order valence-electron chi connectivity index (χ1n) is 9.56. The number of nitrogens with zero attached hydrogens (tertiary/aromatic N) is 3. The monoisotopic (exact) mass is 357 g/mol. The molecule has 0 radical (unpaired) electrons. The summed E-state index contributed by atoms with van der Waals surface area (Å²) in [6.45, 7) is 3.94. The molecule has 2 aromatic rings. The van der Waals surface area contributed by atoms with Gasteiger partial charge < -0.3 is 20.3 Å². The van der Waals surface area contributed by atoms with Crippen LogP contribution in [0.2, 0.25) is 0 Å². The molecule has 2 saturated heterocycles. The number of piperidine rings is 2. The van der Waals surface area contributed by atoms with Crippen molar-refractivity contribution < 1.29 is 9.90 Å². The largest absolute Gasteiger partial charge is 0.392 e. The number of aliphatic hydroxyl groups is 1. The topological polar surface area (TPSA) is 84.5 Å². The van der Waals surface area contributed by atoms with Gasteiger partial charge in [0.2, 0.25) is 0 Å². The zero-order valence-corrected chi connectivity index (χ0v) is 15.0. The van der Waals surface area contributed by atoms with Crippen LogP contribution in [-0.4, -0.2) is 69.2 Å². The zero-order chi connectivity index (χ0) is 17.9. The fraction of sp³-hybridized carbons (Fsp3) is 0.579. The van der Waals surface area contributed by atoms with Gasteiger partial charge in [-0.1, -0.05) is 6.07 Å². The first-order chi connectivity index (χ1) is 12.7. The van der Waals surface area contributed by atoms with Crippen LogP contribution in [0.15, 0.2) is 24.5 Å². The van der Waals surface area contributed by atoms with E-state index in [4.69, 9.17) is 0 Å². The van der Waals surface area contributed by atoms with E-state index in [1.807, 2.05) is 23.1 Å². The van der Waals surface area contributed by atoms with Crippen LogP contribution in [0.25, 0.3) is 11.0 Å². The number of fused-ring (bicyclic) bond motifs is 1. The molecule has 2 aliphatic rings. The molecule has 1 atom stereocenters. The second kappa shape index (κ2) is 7.63. The Morgan fingerprint density at radius 1 is 1.27 bits per heavy atom. The molecule has 0 unspecified atom stereocenters. The number of hydrogen-bond donors (Lipinski definition) is 3. The third-order valence-corrected chi connectivity index (χ3v) is 5.62. The number of carbonyl (C=O) groups excluding carboxylic acids is 1. The molecule has 1 aromatic carbocycles. The minimum Gasteiger partial charge on any atom is -0.392 e. The quantitative estimate of drug-likeness (QED) is 0.781. The zero-order valence-electron chi connectivity index (χ0n) is 15.0. The number of aromatic nitrogens is 2. The van der Waals surface area contributed by atoms with Gasteiger partial charge in [-0.25, -0.2) is 9.78 Å². The van der Waals surface area contributed by atoms with Gasteiger partial charge in [-0.3, -0.25) is 4.90 Å². The smallest absolute Gasteiger partial charge is 0.317 e. The van der Waals surface area contributed by atoms with Crippen LogP contribution >= 0.6 is 0 Å². The minimum absolute atomic E-state index is 0.00633. The first kappa shape index (κ1) is 17.3. The highest BCUT2D eigenvalue weighted by Gasteiger charge is 2.29. The lowest BCUT2D eigenvalue weighted by atomic mass is 9.99. The van der Waals surface area contributed by atoms with Gasteiger partial charge in [0.05, 0.1) is 23.5 Å². The average molecular weight is 357 g/mol. The lowest BCUT2D eigenvalue weighted by Crippen LogP contribution is -2.52. The lowest BCUT2D eigenvalue weighted by Gasteiger charge is -2.41. The number of hydrogen-bond acceptors (Lipinski definition) is 4. The van der Waals surface area contributed by atoms with E-state index >= 15 is 0 Å². The Bertz CT molecular complexity index is 753. The number of β-amino-alcohol motifs (C(OH)–C–C–N with tert-alkyl or cyclic N) is 1. The summed E-state index contributed by atoms with van der Waals surface area (Å²) in [5.74, 6) is 0. The fourth-order valence-corrected chi connectivity index (χ4v) is 4.13. The summed E-state index contributed by atoms with van der Waals surface area (Å²) in [4.78, 5) is 24.1. The van der Waals surface area contributed by atoms with E-state index in [-0.39, 0.29) is 12.1 Å². The molecule has 0 saturated carbocycles. The molecule has 0 spiro atoms. The summed E-state index contributed by atoms with van der Waals surface area (Å²) in [7, 11) is 0. The van der Waals surface area contributed by atoms with Gasteiger partial charge >= 0.3 is 6.03 Å². The van der Waals surface area contributed by atoms with Gasteiger partial charge in [-0.15, -0.1) is 0 Å². The van der Waals surface area contributed by atoms with Crippen LogP contribution in [-0.2, 0) is 6.54 Å². The lowest BCUT2D eigenvalue weighted by molar-refractivity contribution is 0.0291. The van der Waals surface area contributed by atoms with Crippen molar-refractivity contribution in [2.45, 2.75) is 44.4 Å². The van der Waals surface area contributed by atoms with Crippen molar-refractivity contribution in [3.8, 4) is 0 Å². The number of aromatic amines is 1. The number of imidazole rings is 1. The van der Waals surface area contributed by atoms with E-state index in [1.165, 1.54) is 0 Å². The van der Waals surface area contributed by atoms with Crippen LogP contribution in [0.5, 0.6) is 0 Å². The molecule has 0 bridgehead atoms. The predicted octanol–water partition coefficient (Wildman–Crippen LogP) is 1.69. The summed E-state index contributed by atoms with van der Waals surface area (Å²) in [5, 5.41) is 12.9. The maximum atomic E-state index is 12.5. The highest BCUT2D eigenvalue weighted by Crippen LogP contribution is 2.21. The molecule has 7 heteroatoms. The maximum Gasteiger partial charge on any atom is 0.317 e. The van der Waals surface area contributed by atoms with Gasteiger partial charge in [-0.2, -0.15) is 0 Å². The van der Waals surface area contributed by atoms with Crippen LogP contribution < -0.4 is 5.32 Å². The summed E-state index contributed by atoms with van der Waals surface area (Å²) in [6, 6.07) is 6.49. The second-order valence-corrected chi connectivity index (χ2v) is 7.42. The third kappa shape index (κ3) is 3.83. The Kier molecular flexibility index (Phi) is 5.08. The average Bonchev–Trinajstić information content (AvgIpc) is 3.14. The van der Waals surface area contributed by atoms with Crippen molar-refractivity contribution in [1.82, 2.24) is 25.1 Å². The molecule has 2 amide bonds. The SMILES string of the molecule is O=C(NCc1ccc2nc[nH]c2c1)N1CCC(N2CCC[C@H](O)C2)CC1. The number of nitrogens with one attached hydrogen (secondary N) is 2. The van der Waals surface area contributed by atoms with Crippen molar-refractivity contribution in [2.75, 3.05) is 26.2 Å². The molecule has 0 aliphatic carbocycles. The van der Waals surface area contributed by atoms with Gasteiger partial charge in [0.1, 0.15) is 0 Å². The van der Waals surface area contributed by atoms with Crippen LogP contribution in [0.3, 0.4) is 0 Å². The van der Waals surface area contributed by atoms with E-state index in [9.17, 15) is 9.90 Å². The van der Waals surface area contributed by atoms with Gasteiger partial charge in [0, 0.05) is 32.2 Å². The molecule has 140 valence electrons. The number of benzene rings is 1. The highest BCUT2D eigenvalue weighted by atomic mass is 16.3. The molecular formula is C19H27N5O2. The van der Waals surface area contributed by atoms with E-state index in [0.29, 0.717) is 12.6 Å². The Morgan fingerprint density at radius 2 is 2.12 bits per heavy atom. The molecule has 4 rings (SSSR count). The molecule has 26 heavy (non-hydrogen) atoms. The molecular weight excluding hydrogens is 330 g/mol. The fourth-order valence-electron chi connectivity index (χ4n) is 4.13. The summed E-state index contributed by atoms with van der Waals surface area (Å²) < 4.78 is 0. The van der Waals surface area contributed by atoms with Crippen molar-refractivity contribution in [2.24, 2.45) is 0 Å². The number of likely N-dealkylation sites (tertiary alicyclic amines) is 2. The predicted molar refractivity (Wildman–Crippen MR) is 99.7 cm³/mol. The van der Waals surface area contributed by atoms with Crippen molar-refractivity contribution in [3.63, 3.8) is 0 Å². The molecule has 2 aliphatic heterocycles. The number of urea groups is 1. The number of aliphatic hydroxyl groups excluding tert-OH is 1. The van der Waals surface area contributed by atoms with Crippen LogP contribution in [0.4, 0.5) is 4.79 Å². The Morgan fingerprint density at radius 3 is 2.92 bits per heavy atom. The van der Waals surface area contributed by atoms with Gasteiger partial charge in [0.15, 0.2) is 0 Å². The van der Waals surface area contributed by atoms with Gasteiger partial charge in [0.25, 0.3) is 0 Å². The third-order valence-electron chi connectivity index (χ3n) is 5.62. The molecule has 3 heterocycles. The summed E-state index contributed by atoms with van der Waals surface area (Å²) >= 11 is 0. The van der Waals surface area contributed by atoms with Crippen LogP contribution in [0.1, 0.15) is 31.2 Å². The molecule has 2 fully saturated rings. The normalized spacial score (nSPS) is 22.7. The number of amides is 2. The minimum atomic E-state index is -0.183. The summed E-state index contributed by atoms with van der Waals surface area (Å²) in [6.07, 6.45) is 5.46. The van der Waals surface area contributed by atoms with Crippen LogP contribution in [0, 0.1) is 0 Å². The maximum absolute atomic E-state index is 12.5. The summed E-state index contributed by atoms with van der Waals surface area (Å²) in [5.41, 5.74) is 2.98. The van der Waals surface area contributed by atoms with Crippen molar-refractivity contribution >= 4 is 17.1 Å². The van der Waals surface area contributed by atoms with E-state index in [0.717, 1.165) is 68.5 Å². The molecule has 7 nitrogen and oxygen atoms in total. The highest BCUT2D eigenvalue weighted by molar-refractivity contribution is 5.76. The number of rotatable bonds is 3. The Hall–Kier alpha value is -2.12. The van der Waals surface area contributed by atoms with Crippen molar-refractivity contribution in [3.05, 3.63) is 30.1 Å². The van der Waals surface area contributed by atoms with E-state index < -0.39 is 0 Å². The second-order valence-electron chi connectivity index (χ2n) is 7.42. The van der Waals surface area contributed by atoms with Crippen molar-refractivity contribution in [1.29, 1.82) is 0 Å². The first-order valence-corrected chi connectivity index (χ1v) is 9.56. The number of carbonyl (C=O) groups is 1. The van der Waals surface area contributed by atoms with E-state index in [2.05, 4.69) is 20.2 Å². The molecule has 1 aromatic heterocycles. The molecule has 3 N–H and O–H groups in total. The Labute approximate surface area is 153 Å². The van der Waals surface area contributed by atoms with Gasteiger partial charge in [-0.05, 0) is 49.9 Å². The van der Waals surface area contributed by atoms with E-state index in [1.54, 1.807) is 6.33 Å².